The number of rotatable bonds is 8. The predicted molar refractivity (Wildman–Crippen MR) is 86.0 cm³/mol. The normalized spacial score (nSPS) is 45.8. The predicted octanol–water partition coefficient (Wildman–Crippen LogP) is -5.02. The van der Waals surface area contributed by atoms with E-state index >= 15 is 0 Å². The molecule has 0 radical (unpaired) electrons. The van der Waals surface area contributed by atoms with Crippen LogP contribution >= 0.6 is 0 Å². The molecule has 1 unspecified atom stereocenters. The first-order chi connectivity index (χ1) is 12.8. The van der Waals surface area contributed by atoms with Gasteiger partial charge in [-0.1, -0.05) is 0 Å². The number of hydrogen-bond donors (Lipinski definition) is 8. The Morgan fingerprint density at radius 3 is 1.93 bits per heavy atom. The van der Waals surface area contributed by atoms with Crippen LogP contribution in [-0.4, -0.2) is 124 Å². The first-order valence-electron chi connectivity index (χ1n) is 8.75. The number of hydrogen-bond acceptors (Lipinski definition) is 12. The molecule has 2 rings (SSSR count). The Labute approximate surface area is 155 Å². The summed E-state index contributed by atoms with van der Waals surface area (Å²) in [6.45, 7) is -0.758. The van der Waals surface area contributed by atoms with Crippen molar-refractivity contribution in [3.8, 4) is 0 Å². The molecule has 10 atom stereocenters. The van der Waals surface area contributed by atoms with Crippen molar-refractivity contribution in [1.82, 2.24) is 0 Å². The van der Waals surface area contributed by atoms with E-state index < -0.39 is 74.6 Å². The lowest BCUT2D eigenvalue weighted by atomic mass is 9.97. The summed E-state index contributed by atoms with van der Waals surface area (Å²) in [5.74, 6) is 0. The SMILES string of the molecule is NCCCO[C@@H]1O[C@H](CO)[C@H](O)C(O[C@H]2O[C@H](CO)[C@H](O)[C@H](O)[C@H]2O)[C@H]1O. The summed E-state index contributed by atoms with van der Waals surface area (Å²) in [6, 6.07) is 0. The highest BCUT2D eigenvalue weighted by molar-refractivity contribution is 4.94. The molecule has 160 valence electrons. The van der Waals surface area contributed by atoms with Gasteiger partial charge in [-0.05, 0) is 13.0 Å². The molecule has 0 aromatic carbocycles. The van der Waals surface area contributed by atoms with Crippen LogP contribution in [0.2, 0.25) is 0 Å². The van der Waals surface area contributed by atoms with Gasteiger partial charge < -0.3 is 60.4 Å². The van der Waals surface area contributed by atoms with Gasteiger partial charge in [-0.15, -0.1) is 0 Å². The zero-order valence-corrected chi connectivity index (χ0v) is 14.6. The Balaban J connectivity index is 2.10. The van der Waals surface area contributed by atoms with E-state index in [4.69, 9.17) is 24.7 Å². The molecule has 0 spiro atoms. The van der Waals surface area contributed by atoms with E-state index in [9.17, 15) is 35.7 Å². The molecule has 0 aliphatic carbocycles. The van der Waals surface area contributed by atoms with E-state index in [2.05, 4.69) is 0 Å². The van der Waals surface area contributed by atoms with Gasteiger partial charge >= 0.3 is 0 Å². The van der Waals surface area contributed by atoms with Crippen molar-refractivity contribution in [2.75, 3.05) is 26.4 Å². The van der Waals surface area contributed by atoms with Gasteiger partial charge in [0.1, 0.15) is 48.8 Å². The molecule has 12 heteroatoms. The van der Waals surface area contributed by atoms with Crippen molar-refractivity contribution < 1.29 is 54.7 Å². The molecule has 9 N–H and O–H groups in total. The van der Waals surface area contributed by atoms with Crippen molar-refractivity contribution in [2.24, 2.45) is 5.73 Å². The maximum Gasteiger partial charge on any atom is 0.187 e. The highest BCUT2D eigenvalue weighted by Gasteiger charge is 2.50. The molecule has 2 heterocycles. The van der Waals surface area contributed by atoms with Crippen LogP contribution < -0.4 is 5.73 Å². The summed E-state index contributed by atoms with van der Waals surface area (Å²) in [5, 5.41) is 69.0. The van der Waals surface area contributed by atoms with Gasteiger partial charge in [0.25, 0.3) is 0 Å². The van der Waals surface area contributed by atoms with E-state index in [-0.39, 0.29) is 6.61 Å². The lowest BCUT2D eigenvalue weighted by Crippen LogP contribution is -2.64. The van der Waals surface area contributed by atoms with Crippen LogP contribution in [0.5, 0.6) is 0 Å². The van der Waals surface area contributed by atoms with Gasteiger partial charge in [-0.25, -0.2) is 0 Å². The molecule has 0 saturated carbocycles. The Morgan fingerprint density at radius 1 is 0.741 bits per heavy atom. The van der Waals surface area contributed by atoms with Crippen LogP contribution in [0, 0.1) is 0 Å². The van der Waals surface area contributed by atoms with E-state index in [1.807, 2.05) is 0 Å². The molecule has 0 amide bonds. The summed E-state index contributed by atoms with van der Waals surface area (Å²) in [5.41, 5.74) is 5.37. The molecular formula is C15H29NO11. The fourth-order valence-corrected chi connectivity index (χ4v) is 2.97. The van der Waals surface area contributed by atoms with Crippen LogP contribution in [0.15, 0.2) is 0 Å². The maximum atomic E-state index is 10.4. The molecule has 12 nitrogen and oxygen atoms in total. The van der Waals surface area contributed by atoms with Gasteiger partial charge in [0, 0.05) is 0 Å². The molecule has 2 aliphatic heterocycles. The van der Waals surface area contributed by atoms with E-state index in [0.29, 0.717) is 13.0 Å². The Bertz CT molecular complexity index is 442. The van der Waals surface area contributed by atoms with Crippen molar-refractivity contribution in [3.63, 3.8) is 0 Å². The Kier molecular flexibility index (Phi) is 8.73. The molecule has 0 aromatic rings. The minimum absolute atomic E-state index is 0.152. The largest absolute Gasteiger partial charge is 0.394 e. The molecule has 0 bridgehead atoms. The maximum absolute atomic E-state index is 10.4. The minimum Gasteiger partial charge on any atom is -0.394 e. The third kappa shape index (κ3) is 5.12. The average Bonchev–Trinajstić information content (AvgIpc) is 2.66. The van der Waals surface area contributed by atoms with Gasteiger partial charge in [-0.3, -0.25) is 0 Å². The first kappa shape index (κ1) is 22.8. The standard InChI is InChI=1S/C15H29NO11/c16-2-1-3-24-14-12(23)13(9(20)7(5-18)25-14)27-15-11(22)10(21)8(19)6(4-17)26-15/h6-15,17-23H,1-5,16H2/t6-,7-,8+,9+,10+,11-,12-,13?,14-,15-/m1/s1. The number of ether oxygens (including phenoxy) is 4. The summed E-state index contributed by atoms with van der Waals surface area (Å²) in [7, 11) is 0. The average molecular weight is 399 g/mol. The second-order valence-electron chi connectivity index (χ2n) is 6.52. The van der Waals surface area contributed by atoms with Crippen LogP contribution in [0.3, 0.4) is 0 Å². The number of nitrogens with two attached hydrogens (primary N) is 1. The van der Waals surface area contributed by atoms with Gasteiger partial charge in [-0.2, -0.15) is 0 Å². The number of aliphatic hydroxyl groups is 7. The highest BCUT2D eigenvalue weighted by Crippen LogP contribution is 2.29. The summed E-state index contributed by atoms with van der Waals surface area (Å²) in [6.07, 6.45) is -14.1. The van der Waals surface area contributed by atoms with E-state index in [0.717, 1.165) is 0 Å². The van der Waals surface area contributed by atoms with E-state index in [1.165, 1.54) is 0 Å². The smallest absolute Gasteiger partial charge is 0.187 e. The van der Waals surface area contributed by atoms with Gasteiger partial charge in [0.2, 0.25) is 0 Å². The monoisotopic (exact) mass is 399 g/mol. The Hall–Kier alpha value is -0.480. The second kappa shape index (κ2) is 10.3. The van der Waals surface area contributed by atoms with Crippen molar-refractivity contribution >= 4 is 0 Å². The second-order valence-corrected chi connectivity index (χ2v) is 6.52. The fraction of sp³-hybridized carbons (Fsp3) is 1.00. The highest BCUT2D eigenvalue weighted by atomic mass is 16.7. The van der Waals surface area contributed by atoms with Crippen LogP contribution in [-0.2, 0) is 18.9 Å². The molecule has 2 saturated heterocycles. The third-order valence-electron chi connectivity index (χ3n) is 4.59. The molecule has 2 fully saturated rings. The van der Waals surface area contributed by atoms with Crippen LogP contribution in [0.1, 0.15) is 6.42 Å². The van der Waals surface area contributed by atoms with E-state index in [1.54, 1.807) is 0 Å². The summed E-state index contributed by atoms with van der Waals surface area (Å²) >= 11 is 0. The van der Waals surface area contributed by atoms with Crippen molar-refractivity contribution in [1.29, 1.82) is 0 Å². The first-order valence-corrected chi connectivity index (χ1v) is 8.75. The van der Waals surface area contributed by atoms with Crippen LogP contribution in [0.25, 0.3) is 0 Å². The lowest BCUT2D eigenvalue weighted by molar-refractivity contribution is -0.360. The minimum atomic E-state index is -1.71. The van der Waals surface area contributed by atoms with Gasteiger partial charge in [0.15, 0.2) is 12.6 Å². The third-order valence-corrected chi connectivity index (χ3v) is 4.59. The molecule has 27 heavy (non-hydrogen) atoms. The molecule has 0 aromatic heterocycles. The topological polar surface area (TPSA) is 205 Å². The van der Waals surface area contributed by atoms with Gasteiger partial charge in [0.05, 0.1) is 19.8 Å². The Morgan fingerprint density at radius 2 is 1.33 bits per heavy atom. The lowest BCUT2D eigenvalue weighted by Gasteiger charge is -2.45. The zero-order valence-electron chi connectivity index (χ0n) is 14.6. The van der Waals surface area contributed by atoms with Crippen molar-refractivity contribution in [3.05, 3.63) is 0 Å². The fourth-order valence-electron chi connectivity index (χ4n) is 2.97. The number of aliphatic hydroxyl groups excluding tert-OH is 7. The molecular weight excluding hydrogens is 370 g/mol. The van der Waals surface area contributed by atoms with Crippen LogP contribution in [0.4, 0.5) is 0 Å². The van der Waals surface area contributed by atoms with Crippen molar-refractivity contribution in [2.45, 2.75) is 67.8 Å². The molecule has 2 aliphatic rings. The zero-order chi connectivity index (χ0) is 20.1. The summed E-state index contributed by atoms with van der Waals surface area (Å²) < 4.78 is 21.3. The summed E-state index contributed by atoms with van der Waals surface area (Å²) in [4.78, 5) is 0. The quantitative estimate of drug-likeness (QED) is 0.181.